The van der Waals surface area contributed by atoms with Crippen LogP contribution in [0.3, 0.4) is 0 Å². The zero-order valence-corrected chi connectivity index (χ0v) is 23.2. The Morgan fingerprint density at radius 3 is 1.00 bits per heavy atom. The van der Waals surface area contributed by atoms with Crippen molar-refractivity contribution in [1.29, 1.82) is 0 Å². The van der Waals surface area contributed by atoms with Crippen LogP contribution < -0.4 is 0 Å². The van der Waals surface area contributed by atoms with E-state index in [4.69, 9.17) is 10.6 Å². The van der Waals surface area contributed by atoms with E-state index in [2.05, 4.69) is 41.5 Å². The Morgan fingerprint density at radius 1 is 0.516 bits per heavy atom. The van der Waals surface area contributed by atoms with Crippen LogP contribution >= 0.6 is 0 Å². The molecule has 0 N–H and O–H groups in total. The van der Waals surface area contributed by atoms with Crippen molar-refractivity contribution >= 4 is 35.2 Å². The first-order chi connectivity index (χ1) is 14.6. The van der Waals surface area contributed by atoms with E-state index in [-0.39, 0.29) is 19.3 Å². The molecule has 0 aromatic heterocycles. The Hall–Kier alpha value is -0.954. The molecular formula is C24H45GaO6. The third-order valence-electron chi connectivity index (χ3n) is 4.92. The Kier molecular flexibility index (Phi) is 18.0. The zero-order valence-electron chi connectivity index (χ0n) is 20.7. The zero-order chi connectivity index (χ0) is 23.6. The quantitative estimate of drug-likeness (QED) is 0.164. The van der Waals surface area contributed by atoms with Gasteiger partial charge in [-0.2, -0.15) is 0 Å². The molecule has 0 heterocycles. The van der Waals surface area contributed by atoms with Gasteiger partial charge in [0.05, 0.1) is 0 Å². The van der Waals surface area contributed by atoms with Crippen molar-refractivity contribution in [1.82, 2.24) is 0 Å². The topological polar surface area (TPSA) is 78.9 Å². The van der Waals surface area contributed by atoms with Crippen molar-refractivity contribution in [3.8, 4) is 0 Å². The summed E-state index contributed by atoms with van der Waals surface area (Å²) >= 11 is -3.72. The summed E-state index contributed by atoms with van der Waals surface area (Å²) in [6.45, 7) is 12.9. The molecule has 0 aliphatic carbocycles. The van der Waals surface area contributed by atoms with Gasteiger partial charge in [-0.25, -0.2) is 0 Å². The predicted octanol–water partition coefficient (Wildman–Crippen LogP) is 6.25. The second-order valence-corrected chi connectivity index (χ2v) is 12.4. The second-order valence-electron chi connectivity index (χ2n) is 9.68. The Balaban J connectivity index is 4.53. The van der Waals surface area contributed by atoms with Gasteiger partial charge in [-0.05, 0) is 0 Å². The van der Waals surface area contributed by atoms with Gasteiger partial charge in [-0.15, -0.1) is 0 Å². The van der Waals surface area contributed by atoms with Gasteiger partial charge in [0, 0.05) is 0 Å². The molecule has 180 valence electrons. The molecule has 0 saturated carbocycles. The summed E-state index contributed by atoms with van der Waals surface area (Å²) in [6.07, 6.45) is 8.90. The van der Waals surface area contributed by atoms with E-state index in [0.717, 1.165) is 57.8 Å². The molecule has 0 aliphatic rings. The van der Waals surface area contributed by atoms with Crippen LogP contribution in [0.2, 0.25) is 0 Å². The molecule has 0 aliphatic heterocycles. The van der Waals surface area contributed by atoms with E-state index in [1.807, 2.05) is 0 Å². The summed E-state index contributed by atoms with van der Waals surface area (Å²) < 4.78 is 16.1. The Morgan fingerprint density at radius 2 is 0.774 bits per heavy atom. The van der Waals surface area contributed by atoms with E-state index >= 15 is 0 Å². The van der Waals surface area contributed by atoms with Gasteiger partial charge in [0.25, 0.3) is 0 Å². The number of unbranched alkanes of at least 4 members (excludes halogenated alkanes) is 3. The molecule has 0 bridgehead atoms. The molecule has 0 fully saturated rings. The molecule has 0 saturated heterocycles. The van der Waals surface area contributed by atoms with Crippen LogP contribution in [-0.2, 0) is 25.0 Å². The average Bonchev–Trinajstić information content (AvgIpc) is 2.65. The van der Waals surface area contributed by atoms with Crippen LogP contribution in [0.25, 0.3) is 0 Å². The molecular weight excluding hydrogens is 454 g/mol. The van der Waals surface area contributed by atoms with Crippen LogP contribution in [0.1, 0.15) is 119 Å². The second kappa shape index (κ2) is 18.6. The monoisotopic (exact) mass is 498 g/mol. The first kappa shape index (κ1) is 30.0. The molecule has 0 atom stereocenters. The number of rotatable bonds is 18. The van der Waals surface area contributed by atoms with Gasteiger partial charge in [0.1, 0.15) is 0 Å². The van der Waals surface area contributed by atoms with Crippen LogP contribution in [0.15, 0.2) is 0 Å². The molecule has 0 rings (SSSR count). The number of hydrogen-bond acceptors (Lipinski definition) is 6. The van der Waals surface area contributed by atoms with Gasteiger partial charge in [-0.3, -0.25) is 0 Å². The first-order valence-electron chi connectivity index (χ1n) is 12.2. The van der Waals surface area contributed by atoms with Gasteiger partial charge < -0.3 is 0 Å². The maximum atomic E-state index is 12.2. The number of carbonyl (C=O) groups is 3. The maximum absolute atomic E-state index is 12.2. The molecule has 7 heteroatoms. The van der Waals surface area contributed by atoms with Crippen LogP contribution in [0.5, 0.6) is 0 Å². The third-order valence-corrected chi connectivity index (χ3v) is 7.79. The third kappa shape index (κ3) is 20.7. The average molecular weight is 499 g/mol. The van der Waals surface area contributed by atoms with Gasteiger partial charge in [0.2, 0.25) is 0 Å². The number of hydrogen-bond donors (Lipinski definition) is 0. The van der Waals surface area contributed by atoms with Crippen molar-refractivity contribution in [3.63, 3.8) is 0 Å². The molecule has 0 amide bonds. The SMILES string of the molecule is CC(C)CCCCC(=O)[O][Ga]([O]C(=O)CCCCC(C)C)[O]C(=O)CCCCC(C)C. The van der Waals surface area contributed by atoms with Crippen molar-refractivity contribution in [2.75, 3.05) is 0 Å². The van der Waals surface area contributed by atoms with Gasteiger partial charge in [-0.1, -0.05) is 0 Å². The van der Waals surface area contributed by atoms with Crippen LogP contribution in [-0.4, -0.2) is 35.2 Å². The fourth-order valence-corrected chi connectivity index (χ4v) is 5.43. The predicted molar refractivity (Wildman–Crippen MR) is 124 cm³/mol. The van der Waals surface area contributed by atoms with E-state index in [0.29, 0.717) is 17.8 Å². The van der Waals surface area contributed by atoms with Crippen molar-refractivity contribution in [2.45, 2.75) is 119 Å². The molecule has 31 heavy (non-hydrogen) atoms. The molecule has 0 unspecified atom stereocenters. The van der Waals surface area contributed by atoms with Crippen molar-refractivity contribution in [3.05, 3.63) is 0 Å². The summed E-state index contributed by atoms with van der Waals surface area (Å²) in [5, 5.41) is 0. The van der Waals surface area contributed by atoms with E-state index in [1.165, 1.54) is 0 Å². The fourth-order valence-electron chi connectivity index (χ4n) is 3.04. The van der Waals surface area contributed by atoms with Gasteiger partial charge in [0.15, 0.2) is 0 Å². The summed E-state index contributed by atoms with van der Waals surface area (Å²) in [6, 6.07) is 0. The summed E-state index contributed by atoms with van der Waals surface area (Å²) in [5.74, 6) is 0.469. The van der Waals surface area contributed by atoms with Crippen molar-refractivity contribution < 1.29 is 25.0 Å². The molecule has 0 spiro atoms. The minimum atomic E-state index is -3.72. The summed E-state index contributed by atoms with van der Waals surface area (Å²) in [7, 11) is 0. The van der Waals surface area contributed by atoms with Crippen molar-refractivity contribution in [2.24, 2.45) is 17.8 Å². The van der Waals surface area contributed by atoms with Crippen LogP contribution in [0.4, 0.5) is 0 Å². The standard InChI is InChI=1S/3C8H16O2.Ga/c3*1-7(2)5-3-4-6-8(9)10;/h3*7H,3-6H2,1-2H3,(H,9,10);/q;;;+3/p-3. The minimum absolute atomic E-state index is 0.256. The van der Waals surface area contributed by atoms with Gasteiger partial charge >= 0.3 is 197 Å². The summed E-state index contributed by atoms with van der Waals surface area (Å²) in [5.41, 5.74) is 0. The van der Waals surface area contributed by atoms with E-state index in [1.54, 1.807) is 0 Å². The van der Waals surface area contributed by atoms with E-state index < -0.39 is 35.2 Å². The summed E-state index contributed by atoms with van der Waals surface area (Å²) in [4.78, 5) is 36.5. The Labute approximate surface area is 196 Å². The van der Waals surface area contributed by atoms with E-state index in [9.17, 15) is 14.4 Å². The number of carbonyl (C=O) groups excluding carboxylic acids is 3. The van der Waals surface area contributed by atoms with Crippen LogP contribution in [0, 0.1) is 17.8 Å². The molecule has 0 aromatic carbocycles. The normalized spacial score (nSPS) is 11.1. The Bertz CT molecular complexity index is 433. The molecule has 0 aromatic rings. The first-order valence-corrected chi connectivity index (χ1v) is 15.1. The fraction of sp³-hybridized carbons (Fsp3) is 0.875. The molecule has 6 nitrogen and oxygen atoms in total. The molecule has 0 radical (unpaired) electrons.